The number of nitrogens with zero attached hydrogens (tertiary/aromatic N) is 2. The summed E-state index contributed by atoms with van der Waals surface area (Å²) in [7, 11) is 0. The zero-order valence-corrected chi connectivity index (χ0v) is 10.9. The molecule has 0 spiro atoms. The van der Waals surface area contributed by atoms with Gasteiger partial charge in [-0.2, -0.15) is 0 Å². The second-order valence-corrected chi connectivity index (χ2v) is 4.66. The Kier molecular flexibility index (Phi) is 4.33. The monoisotopic (exact) mass is 252 g/mol. The molecule has 1 aromatic heterocycles. The Balaban J connectivity index is 1.84. The van der Waals surface area contributed by atoms with E-state index < -0.39 is 0 Å². The number of aromatic nitrogens is 1. The predicted molar refractivity (Wildman–Crippen MR) is 68.4 cm³/mol. The van der Waals surface area contributed by atoms with Gasteiger partial charge in [-0.05, 0) is 19.9 Å². The van der Waals surface area contributed by atoms with E-state index in [0.29, 0.717) is 18.5 Å². The van der Waals surface area contributed by atoms with Crippen LogP contribution in [-0.4, -0.2) is 48.2 Å². The van der Waals surface area contributed by atoms with Crippen LogP contribution in [0.25, 0.3) is 0 Å². The molecular formula is C12H20N4O2. The van der Waals surface area contributed by atoms with Crippen LogP contribution in [0.4, 0.5) is 5.88 Å². The molecule has 0 unspecified atom stereocenters. The summed E-state index contributed by atoms with van der Waals surface area (Å²) in [4.78, 5) is 14.1. The second-order valence-electron chi connectivity index (χ2n) is 4.66. The highest BCUT2D eigenvalue weighted by Crippen LogP contribution is 2.10. The first kappa shape index (κ1) is 13.0. The van der Waals surface area contributed by atoms with E-state index in [0.717, 1.165) is 31.7 Å². The fourth-order valence-corrected chi connectivity index (χ4v) is 1.99. The lowest BCUT2D eigenvalue weighted by Gasteiger charge is -2.37. The molecule has 1 fully saturated rings. The van der Waals surface area contributed by atoms with Gasteiger partial charge in [-0.25, -0.2) is 0 Å². The van der Waals surface area contributed by atoms with E-state index in [4.69, 9.17) is 4.52 Å². The number of carbonyl (C=O) groups is 1. The molecule has 100 valence electrons. The zero-order chi connectivity index (χ0) is 13.0. The Morgan fingerprint density at radius 2 is 2.44 bits per heavy atom. The molecule has 1 saturated heterocycles. The van der Waals surface area contributed by atoms with Gasteiger partial charge in [-0.3, -0.25) is 15.0 Å². The standard InChI is InChI=1S/C12H20N4O2/c1-3-4-16(10-6-13-7-10)8-11(17)14-12-5-9(2)15-18-12/h5,10,13H,3-4,6-8H2,1-2H3,(H,14,17). The summed E-state index contributed by atoms with van der Waals surface area (Å²) < 4.78 is 4.96. The summed E-state index contributed by atoms with van der Waals surface area (Å²) in [5.41, 5.74) is 0.763. The summed E-state index contributed by atoms with van der Waals surface area (Å²) >= 11 is 0. The van der Waals surface area contributed by atoms with Crippen molar-refractivity contribution in [2.75, 3.05) is 31.5 Å². The van der Waals surface area contributed by atoms with Crippen LogP contribution >= 0.6 is 0 Å². The number of hydrogen-bond acceptors (Lipinski definition) is 5. The quantitative estimate of drug-likeness (QED) is 0.776. The van der Waals surface area contributed by atoms with Gasteiger partial charge in [-0.1, -0.05) is 12.1 Å². The number of anilines is 1. The first-order valence-corrected chi connectivity index (χ1v) is 6.37. The third kappa shape index (κ3) is 3.30. The minimum Gasteiger partial charge on any atom is -0.338 e. The number of amides is 1. The van der Waals surface area contributed by atoms with Gasteiger partial charge in [0.1, 0.15) is 0 Å². The minimum absolute atomic E-state index is 0.0495. The maximum absolute atomic E-state index is 11.9. The van der Waals surface area contributed by atoms with Crippen molar-refractivity contribution < 1.29 is 9.32 Å². The second kappa shape index (κ2) is 5.97. The Hall–Kier alpha value is -1.40. The van der Waals surface area contributed by atoms with Crippen LogP contribution in [0.3, 0.4) is 0 Å². The highest BCUT2D eigenvalue weighted by Gasteiger charge is 2.25. The van der Waals surface area contributed by atoms with Crippen molar-refractivity contribution in [2.24, 2.45) is 0 Å². The van der Waals surface area contributed by atoms with Crippen LogP contribution in [-0.2, 0) is 4.79 Å². The minimum atomic E-state index is -0.0495. The van der Waals surface area contributed by atoms with Crippen LogP contribution in [0, 0.1) is 6.92 Å². The molecule has 1 aliphatic rings. The van der Waals surface area contributed by atoms with E-state index in [9.17, 15) is 4.79 Å². The van der Waals surface area contributed by atoms with Gasteiger partial charge in [-0.15, -0.1) is 0 Å². The van der Waals surface area contributed by atoms with E-state index in [1.54, 1.807) is 6.07 Å². The molecule has 0 aromatic carbocycles. The Bertz CT molecular complexity index is 401. The summed E-state index contributed by atoms with van der Waals surface area (Å²) in [6, 6.07) is 2.19. The molecule has 1 amide bonds. The molecule has 1 aliphatic heterocycles. The first-order chi connectivity index (χ1) is 8.69. The SMILES string of the molecule is CCCN(CC(=O)Nc1cc(C)no1)C1CNC1. The van der Waals surface area contributed by atoms with Crippen LogP contribution in [0.15, 0.2) is 10.6 Å². The summed E-state index contributed by atoms with van der Waals surface area (Å²) in [5.74, 6) is 0.368. The Morgan fingerprint density at radius 3 is 2.94 bits per heavy atom. The highest BCUT2D eigenvalue weighted by molar-refractivity contribution is 5.91. The van der Waals surface area contributed by atoms with Crippen molar-refractivity contribution in [3.63, 3.8) is 0 Å². The molecule has 2 rings (SSSR count). The van der Waals surface area contributed by atoms with Crippen LogP contribution in [0.2, 0.25) is 0 Å². The van der Waals surface area contributed by atoms with Crippen molar-refractivity contribution in [3.8, 4) is 0 Å². The molecule has 18 heavy (non-hydrogen) atoms. The third-order valence-corrected chi connectivity index (χ3v) is 3.02. The van der Waals surface area contributed by atoms with Gasteiger partial charge in [0, 0.05) is 25.2 Å². The third-order valence-electron chi connectivity index (χ3n) is 3.02. The number of aryl methyl sites for hydroxylation is 1. The van der Waals surface area contributed by atoms with Gasteiger partial charge >= 0.3 is 0 Å². The molecule has 2 N–H and O–H groups in total. The van der Waals surface area contributed by atoms with Crippen molar-refractivity contribution >= 4 is 11.8 Å². The van der Waals surface area contributed by atoms with Crippen LogP contribution in [0.1, 0.15) is 19.0 Å². The fourth-order valence-electron chi connectivity index (χ4n) is 1.99. The maximum Gasteiger partial charge on any atom is 0.240 e. The molecule has 1 aromatic rings. The molecule has 6 heteroatoms. The normalized spacial score (nSPS) is 15.7. The average molecular weight is 252 g/mol. The summed E-state index contributed by atoms with van der Waals surface area (Å²) in [6.45, 7) is 7.22. The van der Waals surface area contributed by atoms with Crippen LogP contribution < -0.4 is 10.6 Å². The molecule has 0 saturated carbocycles. The molecule has 2 heterocycles. The van der Waals surface area contributed by atoms with Gasteiger partial charge in [0.25, 0.3) is 0 Å². The van der Waals surface area contributed by atoms with E-state index in [1.807, 2.05) is 6.92 Å². The number of rotatable bonds is 6. The maximum atomic E-state index is 11.9. The van der Waals surface area contributed by atoms with E-state index >= 15 is 0 Å². The zero-order valence-electron chi connectivity index (χ0n) is 10.9. The smallest absolute Gasteiger partial charge is 0.240 e. The number of nitrogens with one attached hydrogen (secondary N) is 2. The van der Waals surface area contributed by atoms with E-state index in [1.165, 1.54) is 0 Å². The molecule has 0 atom stereocenters. The molecule has 6 nitrogen and oxygen atoms in total. The lowest BCUT2D eigenvalue weighted by Crippen LogP contribution is -2.58. The van der Waals surface area contributed by atoms with Crippen molar-refractivity contribution in [1.29, 1.82) is 0 Å². The fraction of sp³-hybridized carbons (Fsp3) is 0.667. The lowest BCUT2D eigenvalue weighted by molar-refractivity contribution is -0.118. The summed E-state index contributed by atoms with van der Waals surface area (Å²) in [5, 5.41) is 9.68. The van der Waals surface area contributed by atoms with Crippen molar-refractivity contribution in [3.05, 3.63) is 11.8 Å². The van der Waals surface area contributed by atoms with Gasteiger partial charge in [0.15, 0.2) is 0 Å². The van der Waals surface area contributed by atoms with Gasteiger partial charge in [0.2, 0.25) is 11.8 Å². The van der Waals surface area contributed by atoms with Gasteiger partial charge < -0.3 is 9.84 Å². The van der Waals surface area contributed by atoms with Crippen LogP contribution in [0.5, 0.6) is 0 Å². The van der Waals surface area contributed by atoms with E-state index in [2.05, 4.69) is 27.6 Å². The molecule has 0 bridgehead atoms. The van der Waals surface area contributed by atoms with Gasteiger partial charge in [0.05, 0.1) is 12.2 Å². The van der Waals surface area contributed by atoms with E-state index in [-0.39, 0.29) is 5.91 Å². The molecule has 0 radical (unpaired) electrons. The Morgan fingerprint density at radius 1 is 1.67 bits per heavy atom. The lowest BCUT2D eigenvalue weighted by atomic mass is 10.1. The Labute approximate surface area is 107 Å². The first-order valence-electron chi connectivity index (χ1n) is 6.37. The summed E-state index contributed by atoms with van der Waals surface area (Å²) in [6.07, 6.45) is 1.05. The topological polar surface area (TPSA) is 70.4 Å². The number of carbonyl (C=O) groups excluding carboxylic acids is 1. The molecular weight excluding hydrogens is 232 g/mol. The van der Waals surface area contributed by atoms with Crippen molar-refractivity contribution in [2.45, 2.75) is 26.3 Å². The average Bonchev–Trinajstić information content (AvgIpc) is 2.61. The predicted octanol–water partition coefficient (Wildman–Crippen LogP) is 0.605. The largest absolute Gasteiger partial charge is 0.338 e. The van der Waals surface area contributed by atoms with Crippen molar-refractivity contribution in [1.82, 2.24) is 15.4 Å². The molecule has 0 aliphatic carbocycles. The number of hydrogen-bond donors (Lipinski definition) is 2. The highest BCUT2D eigenvalue weighted by atomic mass is 16.5.